The number of primary amides is 1. The number of aromatic nitrogens is 2. The summed E-state index contributed by atoms with van der Waals surface area (Å²) in [6.07, 6.45) is 1.66. The lowest BCUT2D eigenvalue weighted by molar-refractivity contribution is 0.0997. The molecule has 1 aromatic heterocycles. The quantitative estimate of drug-likeness (QED) is 0.286. The molecule has 0 radical (unpaired) electrons. The van der Waals surface area contributed by atoms with Gasteiger partial charge in [-0.05, 0) is 49.6 Å². The van der Waals surface area contributed by atoms with E-state index >= 15 is 0 Å². The van der Waals surface area contributed by atoms with Crippen molar-refractivity contribution < 1.29 is 22.7 Å². The molecule has 0 bridgehead atoms. The molecule has 4 N–H and O–H groups in total. The maximum Gasteiger partial charge on any atom is 0.252 e. The molecule has 4 aromatic rings. The van der Waals surface area contributed by atoms with Gasteiger partial charge in [-0.2, -0.15) is 0 Å². The Kier molecular flexibility index (Phi) is 7.47. The van der Waals surface area contributed by atoms with Gasteiger partial charge in [-0.3, -0.25) is 4.79 Å². The van der Waals surface area contributed by atoms with E-state index in [4.69, 9.17) is 15.2 Å². The van der Waals surface area contributed by atoms with E-state index in [1.165, 1.54) is 7.11 Å². The van der Waals surface area contributed by atoms with Crippen LogP contribution in [0.1, 0.15) is 28.8 Å². The third-order valence-corrected chi connectivity index (χ3v) is 8.26. The molecule has 0 aliphatic carbocycles. The number of ether oxygens (including phenoxy) is 2. The van der Waals surface area contributed by atoms with Crippen molar-refractivity contribution >= 4 is 38.2 Å². The summed E-state index contributed by atoms with van der Waals surface area (Å²) >= 11 is 0. The molecule has 1 aliphatic rings. The zero-order valence-corrected chi connectivity index (χ0v) is 22.4. The highest BCUT2D eigenvalue weighted by atomic mass is 32.2. The number of benzene rings is 3. The van der Waals surface area contributed by atoms with Gasteiger partial charge < -0.3 is 20.5 Å². The summed E-state index contributed by atoms with van der Waals surface area (Å²) < 4.78 is 39.8. The average Bonchev–Trinajstić information content (AvgIpc) is 3.46. The molecule has 10 nitrogen and oxygen atoms in total. The fourth-order valence-corrected chi connectivity index (χ4v) is 5.98. The first-order valence-corrected chi connectivity index (χ1v) is 14.0. The molecule has 1 atom stereocenters. The van der Waals surface area contributed by atoms with Crippen LogP contribution in [0.5, 0.6) is 5.75 Å². The molecule has 39 heavy (non-hydrogen) atoms. The van der Waals surface area contributed by atoms with E-state index < -0.39 is 15.9 Å². The summed E-state index contributed by atoms with van der Waals surface area (Å²) in [6.45, 7) is 2.65. The van der Waals surface area contributed by atoms with Crippen LogP contribution in [0, 0.1) is 6.92 Å². The van der Waals surface area contributed by atoms with Crippen molar-refractivity contribution in [2.75, 3.05) is 25.6 Å². The maximum atomic E-state index is 13.2. The van der Waals surface area contributed by atoms with Crippen LogP contribution in [0.3, 0.4) is 0 Å². The predicted octanol–water partition coefficient (Wildman–Crippen LogP) is 3.91. The second-order valence-corrected chi connectivity index (χ2v) is 11.0. The fourth-order valence-electron chi connectivity index (χ4n) is 4.65. The van der Waals surface area contributed by atoms with Crippen LogP contribution < -0.4 is 20.5 Å². The number of hydrogen-bond acceptors (Lipinski definition) is 8. The minimum Gasteiger partial charge on any atom is -0.496 e. The smallest absolute Gasteiger partial charge is 0.252 e. The monoisotopic (exact) mass is 547 g/mol. The normalized spacial score (nSPS) is 15.4. The maximum absolute atomic E-state index is 13.2. The fraction of sp³-hybridized carbons (Fsp3) is 0.250. The van der Waals surface area contributed by atoms with E-state index in [9.17, 15) is 13.2 Å². The number of methoxy groups -OCH3 is 1. The lowest BCUT2D eigenvalue weighted by Gasteiger charge is -2.15. The topological polar surface area (TPSA) is 146 Å². The van der Waals surface area contributed by atoms with E-state index in [0.29, 0.717) is 40.7 Å². The third-order valence-electron chi connectivity index (χ3n) is 6.69. The minimum atomic E-state index is -3.77. The average molecular weight is 548 g/mol. The van der Waals surface area contributed by atoms with Gasteiger partial charge in [0.2, 0.25) is 10.0 Å². The van der Waals surface area contributed by atoms with Gasteiger partial charge in [0, 0.05) is 35.2 Å². The molecule has 0 unspecified atom stereocenters. The Morgan fingerprint density at radius 2 is 1.90 bits per heavy atom. The van der Waals surface area contributed by atoms with Crippen LogP contribution in [-0.4, -0.2) is 50.9 Å². The zero-order chi connectivity index (χ0) is 27.6. The van der Waals surface area contributed by atoms with Crippen LogP contribution in [0.2, 0.25) is 0 Å². The molecule has 5 rings (SSSR count). The highest BCUT2D eigenvalue weighted by Crippen LogP contribution is 2.33. The van der Waals surface area contributed by atoms with Gasteiger partial charge in [-0.25, -0.2) is 13.1 Å². The van der Waals surface area contributed by atoms with Crippen LogP contribution in [0.4, 0.5) is 11.5 Å². The number of hydrogen-bond donors (Lipinski definition) is 3. The lowest BCUT2D eigenvalue weighted by Crippen LogP contribution is -2.32. The minimum absolute atomic E-state index is 0.108. The van der Waals surface area contributed by atoms with Gasteiger partial charge in [0.1, 0.15) is 11.4 Å². The first-order valence-electron chi connectivity index (χ1n) is 12.5. The zero-order valence-electron chi connectivity index (χ0n) is 21.6. The molecule has 3 aromatic carbocycles. The van der Waals surface area contributed by atoms with Gasteiger partial charge in [0.15, 0.2) is 5.82 Å². The highest BCUT2D eigenvalue weighted by molar-refractivity contribution is 7.89. The number of anilines is 2. The van der Waals surface area contributed by atoms with Gasteiger partial charge in [0.05, 0.1) is 23.7 Å². The first-order chi connectivity index (χ1) is 18.8. The lowest BCUT2D eigenvalue weighted by atomic mass is 10.0. The van der Waals surface area contributed by atoms with E-state index in [2.05, 4.69) is 20.2 Å². The van der Waals surface area contributed by atoms with Crippen molar-refractivity contribution in [2.45, 2.75) is 30.8 Å². The Labute approximate surface area is 226 Å². The van der Waals surface area contributed by atoms with E-state index in [1.54, 1.807) is 37.3 Å². The highest BCUT2D eigenvalue weighted by Gasteiger charge is 2.23. The van der Waals surface area contributed by atoms with Gasteiger partial charge >= 0.3 is 0 Å². The number of fused-ring (bicyclic) bond motifs is 1. The number of nitrogens with one attached hydrogen (secondary N) is 2. The number of carbonyl (C=O) groups excluding carboxylic acids is 1. The Hall–Kier alpha value is -4.06. The van der Waals surface area contributed by atoms with Crippen molar-refractivity contribution in [1.29, 1.82) is 0 Å². The predicted molar refractivity (Wildman–Crippen MR) is 149 cm³/mol. The van der Waals surface area contributed by atoms with Gasteiger partial charge in [-0.15, -0.1) is 10.2 Å². The molecule has 1 amide bonds. The number of carbonyl (C=O) groups is 1. The molecule has 11 heteroatoms. The molecule has 1 fully saturated rings. The molecule has 1 saturated heterocycles. The van der Waals surface area contributed by atoms with Gasteiger partial charge in [-0.1, -0.05) is 36.4 Å². The molecule has 2 heterocycles. The van der Waals surface area contributed by atoms with E-state index in [0.717, 1.165) is 23.6 Å². The Balaban J connectivity index is 1.50. The first kappa shape index (κ1) is 26.5. The summed E-state index contributed by atoms with van der Waals surface area (Å²) in [4.78, 5) is 12.0. The van der Waals surface area contributed by atoms with Crippen molar-refractivity contribution in [3.63, 3.8) is 0 Å². The van der Waals surface area contributed by atoms with Crippen molar-refractivity contribution in [3.8, 4) is 17.0 Å². The Morgan fingerprint density at radius 1 is 1.10 bits per heavy atom. The number of amides is 1. The number of sulfonamides is 1. The molecule has 0 spiro atoms. The summed E-state index contributed by atoms with van der Waals surface area (Å²) in [5, 5.41) is 13.6. The van der Waals surface area contributed by atoms with E-state index in [1.807, 2.05) is 30.3 Å². The number of nitrogens with zero attached hydrogens (tertiary/aromatic N) is 2. The number of nitrogens with two attached hydrogens (primary N) is 1. The van der Waals surface area contributed by atoms with Crippen molar-refractivity contribution in [3.05, 3.63) is 71.8 Å². The molecular formula is C28H29N5O5S. The van der Waals surface area contributed by atoms with Crippen LogP contribution in [0.15, 0.2) is 65.6 Å². The third kappa shape index (κ3) is 5.56. The number of aryl methyl sites for hydroxylation is 1. The Bertz CT molecular complexity index is 1650. The second-order valence-electron chi connectivity index (χ2n) is 9.31. The molecule has 1 aliphatic heterocycles. The second kappa shape index (κ2) is 11.0. The van der Waals surface area contributed by atoms with Crippen molar-refractivity contribution in [1.82, 2.24) is 14.9 Å². The summed E-state index contributed by atoms with van der Waals surface area (Å²) in [7, 11) is -2.30. The van der Waals surface area contributed by atoms with Crippen LogP contribution in [-0.2, 0) is 14.8 Å². The largest absolute Gasteiger partial charge is 0.496 e. The van der Waals surface area contributed by atoms with Crippen molar-refractivity contribution in [2.24, 2.45) is 5.73 Å². The Morgan fingerprint density at radius 3 is 2.62 bits per heavy atom. The molecular weight excluding hydrogens is 518 g/mol. The number of rotatable bonds is 9. The van der Waals surface area contributed by atoms with E-state index in [-0.39, 0.29) is 23.1 Å². The summed E-state index contributed by atoms with van der Waals surface area (Å²) in [5.74, 6) is 0.222. The standard InChI is InChI=1S/C28H29N5O5S/c1-17-9-10-18(14-25(17)39(35,36)30-16-20-6-5-13-38-20)26-21-7-3-4-8-22(21)28(33-32-26)31-19-11-12-24(37-2)23(15-19)27(29)34/h3-4,7-12,14-15,20,30H,5-6,13,16H2,1-2H3,(H2,29,34)(H,31,33)/t20-/m0/s1. The van der Waals surface area contributed by atoms with Crippen LogP contribution in [0.25, 0.3) is 22.0 Å². The summed E-state index contributed by atoms with van der Waals surface area (Å²) in [5.41, 5.74) is 8.10. The SMILES string of the molecule is COc1ccc(Nc2nnc(-c3ccc(C)c(S(=O)(=O)NC[C@@H]4CCCO4)c3)c3ccccc23)cc1C(N)=O. The summed E-state index contributed by atoms with van der Waals surface area (Å²) in [6, 6.07) is 17.8. The molecule has 202 valence electrons. The van der Waals surface area contributed by atoms with Crippen LogP contribution >= 0.6 is 0 Å². The molecule has 0 saturated carbocycles. The van der Waals surface area contributed by atoms with Gasteiger partial charge in [0.25, 0.3) is 5.91 Å².